The van der Waals surface area contributed by atoms with Crippen LogP contribution in [0, 0.1) is 47.3 Å². The van der Waals surface area contributed by atoms with Gasteiger partial charge >= 0.3 is 6.09 Å². The number of aliphatic hydroxyl groups excluding tert-OH is 5. The molecule has 8 N–H and O–H groups in total. The van der Waals surface area contributed by atoms with Gasteiger partial charge in [0.1, 0.15) is 42.6 Å². The Morgan fingerprint density at radius 3 is 1.99 bits per heavy atom. The fourth-order valence-electron chi connectivity index (χ4n) is 11.8. The van der Waals surface area contributed by atoms with Crippen LogP contribution < -0.4 is 15.8 Å². The summed E-state index contributed by atoms with van der Waals surface area (Å²) < 4.78 is 29.4. The zero-order valence-corrected chi connectivity index (χ0v) is 53.3. The van der Waals surface area contributed by atoms with Gasteiger partial charge < -0.3 is 75.0 Å². The Bertz CT molecular complexity index is 2530. The van der Waals surface area contributed by atoms with Gasteiger partial charge in [0, 0.05) is 71.9 Å². The molecule has 2 aliphatic heterocycles. The lowest BCUT2D eigenvalue weighted by Crippen LogP contribution is -2.60. The van der Waals surface area contributed by atoms with Crippen molar-refractivity contribution in [2.75, 3.05) is 46.8 Å². The maximum Gasteiger partial charge on any atom is 0.410 e. The Hall–Kier alpha value is -5.43. The molecule has 484 valence electrons. The lowest BCUT2D eigenvalue weighted by molar-refractivity contribution is -0.277. The average Bonchev–Trinajstić information content (AvgIpc) is 3.45. The molecule has 2 aromatic carbocycles. The molecule has 86 heavy (non-hydrogen) atoms. The Morgan fingerprint density at radius 1 is 0.767 bits per heavy atom. The van der Waals surface area contributed by atoms with Crippen molar-refractivity contribution in [3.8, 4) is 5.75 Å². The fourth-order valence-corrected chi connectivity index (χ4v) is 11.8. The maximum absolute atomic E-state index is 14.9. The van der Waals surface area contributed by atoms with Crippen molar-refractivity contribution in [3.63, 3.8) is 0 Å². The summed E-state index contributed by atoms with van der Waals surface area (Å²) in [6.45, 7) is 19.3. The first kappa shape index (κ1) is 73.0. The molecule has 2 aromatic rings. The van der Waals surface area contributed by atoms with Crippen LogP contribution in [0.5, 0.6) is 5.75 Å². The van der Waals surface area contributed by atoms with Gasteiger partial charge in [-0.2, -0.15) is 0 Å². The van der Waals surface area contributed by atoms with Gasteiger partial charge in [0.15, 0.2) is 11.6 Å². The van der Waals surface area contributed by atoms with Crippen LogP contribution in [0.1, 0.15) is 138 Å². The number of likely N-dealkylation sites (N-methyl/N-ethyl adjacent to an activating group) is 2. The second-order valence-electron chi connectivity index (χ2n) is 24.9. The van der Waals surface area contributed by atoms with E-state index in [0.717, 1.165) is 5.56 Å². The molecule has 22 nitrogen and oxygen atoms in total. The molecule has 0 aliphatic carbocycles. The van der Waals surface area contributed by atoms with Crippen LogP contribution in [0.4, 0.5) is 10.5 Å². The molecule has 2 heterocycles. The van der Waals surface area contributed by atoms with Crippen molar-refractivity contribution in [2.45, 2.75) is 201 Å². The largest absolute Gasteiger partial charge is 0.460 e. The molecule has 0 aromatic heterocycles. The predicted molar refractivity (Wildman–Crippen MR) is 322 cm³/mol. The summed E-state index contributed by atoms with van der Waals surface area (Å²) in [6, 6.07) is 10.7. The molecule has 2 fully saturated rings. The van der Waals surface area contributed by atoms with Gasteiger partial charge in [0.05, 0.1) is 61.2 Å². The normalized spacial score (nSPS) is 22.8. The van der Waals surface area contributed by atoms with Gasteiger partial charge in [-0.05, 0) is 65.7 Å². The van der Waals surface area contributed by atoms with E-state index in [1.54, 1.807) is 65.5 Å². The minimum absolute atomic E-state index is 0.0367. The summed E-state index contributed by atoms with van der Waals surface area (Å²) in [4.78, 5) is 103. The first-order valence-corrected chi connectivity index (χ1v) is 30.4. The zero-order chi connectivity index (χ0) is 64.6. The van der Waals surface area contributed by atoms with Crippen LogP contribution in [-0.2, 0) is 54.3 Å². The molecule has 0 bridgehead atoms. The highest BCUT2D eigenvalue weighted by Gasteiger charge is 2.46. The lowest BCUT2D eigenvalue weighted by atomic mass is 9.83. The highest BCUT2D eigenvalue weighted by atomic mass is 16.7. The van der Waals surface area contributed by atoms with Crippen molar-refractivity contribution < 1.29 is 82.8 Å². The number of nitrogens with one attached hydrogen (secondary N) is 1. The molecule has 0 unspecified atom stereocenters. The molecular formula is C64H101N5O17. The highest BCUT2D eigenvalue weighted by Crippen LogP contribution is 2.35. The maximum atomic E-state index is 14.9. The number of methoxy groups -OCH3 is 2. The van der Waals surface area contributed by atoms with Gasteiger partial charge in [0.2, 0.25) is 24.0 Å². The van der Waals surface area contributed by atoms with Crippen molar-refractivity contribution in [2.24, 2.45) is 53.1 Å². The van der Waals surface area contributed by atoms with Gasteiger partial charge in [-0.15, -0.1) is 0 Å². The van der Waals surface area contributed by atoms with Crippen molar-refractivity contribution in [1.29, 1.82) is 0 Å². The second kappa shape index (κ2) is 33.8. The topological polar surface area (TPSA) is 315 Å². The number of aliphatic hydroxyl groups is 5. The van der Waals surface area contributed by atoms with E-state index in [2.05, 4.69) is 5.32 Å². The van der Waals surface area contributed by atoms with E-state index in [0.29, 0.717) is 31.4 Å². The van der Waals surface area contributed by atoms with Gasteiger partial charge in [-0.1, -0.05) is 119 Å². The fraction of sp³-hybridized carbons (Fsp3) is 0.703. The number of nitrogens with two attached hydrogens (primary N) is 1. The van der Waals surface area contributed by atoms with E-state index in [9.17, 15) is 59.1 Å². The molecule has 4 rings (SSSR count). The number of nitrogens with zero attached hydrogens (tertiary/aromatic N) is 3. The van der Waals surface area contributed by atoms with E-state index in [1.165, 1.54) is 37.3 Å². The zero-order valence-electron chi connectivity index (χ0n) is 53.3. The number of carbonyl (C=O) groups is 7. The van der Waals surface area contributed by atoms with Gasteiger partial charge in [0.25, 0.3) is 0 Å². The first-order chi connectivity index (χ1) is 40.4. The number of rotatable bonds is 33. The number of Topliss-reactive ketones (excluding diaryl/α,β-unsaturated/α-hetero) is 3. The number of carbonyl (C=O) groups excluding carboxylic acids is 7. The summed E-state index contributed by atoms with van der Waals surface area (Å²) in [5, 5.41) is 55.3. The minimum atomic E-state index is -1.82. The Balaban J connectivity index is 1.50. The first-order valence-electron chi connectivity index (χ1n) is 30.4. The summed E-state index contributed by atoms with van der Waals surface area (Å²) in [7, 11) is 6.13. The Labute approximate surface area is 508 Å². The van der Waals surface area contributed by atoms with Crippen LogP contribution in [0.2, 0.25) is 0 Å². The number of ether oxygens (including phenoxy) is 5. The molecule has 22 heteroatoms. The summed E-state index contributed by atoms with van der Waals surface area (Å²) in [6.07, 6.45) is -9.76. The third-order valence-electron chi connectivity index (χ3n) is 17.6. The quantitative estimate of drug-likeness (QED) is 0.0467. The number of ketones is 3. The van der Waals surface area contributed by atoms with Crippen LogP contribution >= 0.6 is 0 Å². The minimum Gasteiger partial charge on any atom is -0.460 e. The van der Waals surface area contributed by atoms with Crippen molar-refractivity contribution in [3.05, 3.63) is 59.7 Å². The smallest absolute Gasteiger partial charge is 0.410 e. The predicted octanol–water partition coefficient (Wildman–Crippen LogP) is 5.46. The van der Waals surface area contributed by atoms with Crippen LogP contribution in [0.3, 0.4) is 0 Å². The van der Waals surface area contributed by atoms with Crippen molar-refractivity contribution >= 4 is 46.9 Å². The number of hydrogen-bond donors (Lipinski definition) is 7. The SMILES string of the molecule is CC[C@H](C)[C@@H]([C@@H](CC(=O)N1CCC[C@H]1[C@H](OC)[C@@H](C)C(=O)C[C@H](C)[C@@H](O)c1ccccc1)OC)N(C)C(=O)[C@@H](CC(=O)[C@H](C(C)C)N(C)C(=O)OCc1ccc(NC(=O)[C@H](C)CC(=O)[C@@H](N)C(C)C)c(O[C@@H]2O[C@H](CO)[C@@H](O)[C@H](O)[C@H]2O)c1)C(C)C. The van der Waals surface area contributed by atoms with Crippen LogP contribution in [-0.4, -0.2) is 190 Å². The molecule has 0 radical (unpaired) electrons. The molecule has 2 saturated heterocycles. The van der Waals surface area contributed by atoms with Crippen LogP contribution in [0.15, 0.2) is 48.5 Å². The van der Waals surface area contributed by atoms with Gasteiger partial charge in [-0.3, -0.25) is 28.8 Å². The monoisotopic (exact) mass is 1210 g/mol. The van der Waals surface area contributed by atoms with E-state index in [1.807, 2.05) is 65.0 Å². The third kappa shape index (κ3) is 18.8. The van der Waals surface area contributed by atoms with E-state index >= 15 is 0 Å². The van der Waals surface area contributed by atoms with E-state index < -0.39 is 128 Å². The number of anilines is 1. The number of benzene rings is 2. The van der Waals surface area contributed by atoms with Crippen molar-refractivity contribution in [1.82, 2.24) is 14.7 Å². The number of hydrogen-bond acceptors (Lipinski definition) is 18. The Morgan fingerprint density at radius 2 is 1.42 bits per heavy atom. The Kier molecular flexibility index (Phi) is 28.7. The molecule has 0 saturated carbocycles. The molecule has 2 aliphatic rings. The summed E-state index contributed by atoms with van der Waals surface area (Å²) in [5.41, 5.74) is 7.10. The number of amides is 4. The standard InChI is InChI=1S/C64H101N5O17/c1-16-37(8)55(50(82-14)31-52(74)69-26-20-23-45(69)60(83-15)40(11)46(71)27-38(9)56(75)42-21-18-17-19-22-42)67(12)62(80)43(34(2)3)30-48(73)54(36(6)7)68(13)64(81)84-33-41-24-25-44(66-61(79)39(10)28-47(72)53(65)35(4)5)49(29-41)85-63-59(78)58(77)57(76)51(32-70)86-63/h17-19,21-22,24-25,29,34-40,43,45,50-51,53-60,63,70,75-78H,16,20,23,26-28,30-33,65H2,1-15H3,(H,66,79)/t37-,38-,39+,40-,43-,45-,50+,51+,53-,54-,55-,56+,57+,58-,59+,60+,63+/m0/s1. The number of likely N-dealkylation sites (tertiary alicyclic amines) is 1. The molecule has 4 amide bonds. The lowest BCUT2D eigenvalue weighted by Gasteiger charge is -2.41. The van der Waals surface area contributed by atoms with Crippen LogP contribution in [0.25, 0.3) is 0 Å². The molecule has 17 atom stereocenters. The second-order valence-corrected chi connectivity index (χ2v) is 24.9. The molecular weight excluding hydrogens is 1110 g/mol. The van der Waals surface area contributed by atoms with E-state index in [-0.39, 0.29) is 84.2 Å². The highest BCUT2D eigenvalue weighted by molar-refractivity contribution is 5.97. The van der Waals surface area contributed by atoms with E-state index in [4.69, 9.17) is 29.4 Å². The summed E-state index contributed by atoms with van der Waals surface area (Å²) in [5.74, 6) is -5.76. The third-order valence-corrected chi connectivity index (χ3v) is 17.6. The molecule has 0 spiro atoms. The van der Waals surface area contributed by atoms with Gasteiger partial charge in [-0.25, -0.2) is 4.79 Å². The average molecular weight is 1210 g/mol. The summed E-state index contributed by atoms with van der Waals surface area (Å²) >= 11 is 0.